The van der Waals surface area contributed by atoms with Gasteiger partial charge < -0.3 is 4.90 Å². The topological polar surface area (TPSA) is 72.3 Å². The highest BCUT2D eigenvalue weighted by Crippen LogP contribution is 2.24. The molecule has 1 aromatic carbocycles. The summed E-state index contributed by atoms with van der Waals surface area (Å²) in [6.45, 7) is 3.00. The second-order valence-electron chi connectivity index (χ2n) is 6.29. The molecule has 24 heavy (non-hydrogen) atoms. The number of benzene rings is 1. The number of hydrogen-bond acceptors (Lipinski definition) is 4. The van der Waals surface area contributed by atoms with Gasteiger partial charge in [-0.05, 0) is 43.5 Å². The van der Waals surface area contributed by atoms with Crippen LogP contribution in [0.5, 0.6) is 0 Å². The second kappa shape index (κ2) is 6.39. The minimum atomic E-state index is -3.35. The third-order valence-corrected chi connectivity index (χ3v) is 5.66. The maximum atomic E-state index is 12.8. The zero-order valence-corrected chi connectivity index (χ0v) is 14.7. The number of rotatable bonds is 3. The number of hydrogen-bond donors (Lipinski definition) is 0. The van der Waals surface area contributed by atoms with Gasteiger partial charge in [0.05, 0.1) is 10.9 Å². The van der Waals surface area contributed by atoms with E-state index < -0.39 is 9.84 Å². The monoisotopic (exact) mass is 347 g/mol. The van der Waals surface area contributed by atoms with Crippen molar-refractivity contribution in [3.8, 4) is 0 Å². The van der Waals surface area contributed by atoms with Gasteiger partial charge in [-0.2, -0.15) is 5.10 Å². The quantitative estimate of drug-likeness (QED) is 0.852. The summed E-state index contributed by atoms with van der Waals surface area (Å²) in [4.78, 5) is 14.8. The summed E-state index contributed by atoms with van der Waals surface area (Å²) in [7, 11) is -3.35. The summed E-state index contributed by atoms with van der Waals surface area (Å²) in [5, 5.41) is 4.26. The summed E-state index contributed by atoms with van der Waals surface area (Å²) in [5.41, 5.74) is 1.07. The molecule has 0 spiro atoms. The summed E-state index contributed by atoms with van der Waals surface area (Å²) in [6, 6.07) is 6.92. The molecule has 0 aliphatic carbocycles. The SMILES string of the molecule is Cc1ccc(C(=O)N2CCCC(n3cccn3)C2)cc1S(C)(=O)=O. The number of carbonyl (C=O) groups is 1. The maximum absolute atomic E-state index is 12.8. The highest BCUT2D eigenvalue weighted by Gasteiger charge is 2.26. The lowest BCUT2D eigenvalue weighted by Crippen LogP contribution is -2.40. The average Bonchev–Trinajstić information content (AvgIpc) is 3.08. The molecular weight excluding hydrogens is 326 g/mol. The van der Waals surface area contributed by atoms with E-state index in [1.807, 2.05) is 16.9 Å². The zero-order chi connectivity index (χ0) is 17.3. The van der Waals surface area contributed by atoms with Crippen LogP contribution in [-0.4, -0.2) is 48.4 Å². The third-order valence-electron chi connectivity index (χ3n) is 4.42. The first kappa shape index (κ1) is 16.7. The van der Waals surface area contributed by atoms with E-state index in [1.54, 1.807) is 30.2 Å². The Bertz CT molecular complexity index is 844. The molecule has 0 radical (unpaired) electrons. The largest absolute Gasteiger partial charge is 0.337 e. The van der Waals surface area contributed by atoms with Gasteiger partial charge in [0.2, 0.25) is 0 Å². The molecule has 2 aromatic rings. The van der Waals surface area contributed by atoms with Gasteiger partial charge in [-0.15, -0.1) is 0 Å². The van der Waals surface area contributed by atoms with Crippen LogP contribution in [0.3, 0.4) is 0 Å². The fourth-order valence-corrected chi connectivity index (χ4v) is 4.16. The molecular formula is C17H21N3O3S. The van der Waals surface area contributed by atoms with Crippen molar-refractivity contribution in [1.82, 2.24) is 14.7 Å². The highest BCUT2D eigenvalue weighted by atomic mass is 32.2. The van der Waals surface area contributed by atoms with Crippen LogP contribution < -0.4 is 0 Å². The van der Waals surface area contributed by atoms with Crippen LogP contribution in [0.15, 0.2) is 41.6 Å². The van der Waals surface area contributed by atoms with Crippen molar-refractivity contribution in [1.29, 1.82) is 0 Å². The van der Waals surface area contributed by atoms with Crippen LogP contribution in [0.4, 0.5) is 0 Å². The van der Waals surface area contributed by atoms with Gasteiger partial charge in [0.1, 0.15) is 0 Å². The first-order chi connectivity index (χ1) is 11.4. The van der Waals surface area contributed by atoms with Crippen molar-refractivity contribution in [3.05, 3.63) is 47.8 Å². The number of sulfone groups is 1. The van der Waals surface area contributed by atoms with E-state index in [4.69, 9.17) is 0 Å². The number of likely N-dealkylation sites (tertiary alicyclic amines) is 1. The number of carbonyl (C=O) groups excluding carboxylic acids is 1. The summed E-state index contributed by atoms with van der Waals surface area (Å²) in [6.07, 6.45) is 6.69. The van der Waals surface area contributed by atoms with Crippen LogP contribution in [0.1, 0.15) is 34.8 Å². The number of aryl methyl sites for hydroxylation is 1. The van der Waals surface area contributed by atoms with E-state index in [-0.39, 0.29) is 16.8 Å². The molecule has 1 aromatic heterocycles. The summed E-state index contributed by atoms with van der Waals surface area (Å²) >= 11 is 0. The van der Waals surface area contributed by atoms with Crippen molar-refractivity contribution < 1.29 is 13.2 Å². The summed E-state index contributed by atoms with van der Waals surface area (Å²) < 4.78 is 25.6. The Morgan fingerprint density at radius 1 is 1.33 bits per heavy atom. The van der Waals surface area contributed by atoms with Crippen molar-refractivity contribution in [3.63, 3.8) is 0 Å². The highest BCUT2D eigenvalue weighted by molar-refractivity contribution is 7.90. The minimum absolute atomic E-state index is 0.128. The van der Waals surface area contributed by atoms with Crippen LogP contribution in [0.2, 0.25) is 0 Å². The molecule has 0 N–H and O–H groups in total. The van der Waals surface area contributed by atoms with E-state index in [1.165, 1.54) is 6.07 Å². The fourth-order valence-electron chi connectivity index (χ4n) is 3.17. The maximum Gasteiger partial charge on any atom is 0.253 e. The second-order valence-corrected chi connectivity index (χ2v) is 8.27. The van der Waals surface area contributed by atoms with E-state index in [0.29, 0.717) is 24.2 Å². The molecule has 0 bridgehead atoms. The Kier molecular flexibility index (Phi) is 4.45. The lowest BCUT2D eigenvalue weighted by atomic mass is 10.0. The molecule has 1 unspecified atom stereocenters. The first-order valence-corrected chi connectivity index (χ1v) is 9.84. The molecule has 128 valence electrons. The molecule has 1 aliphatic rings. The van der Waals surface area contributed by atoms with Crippen molar-refractivity contribution in [2.24, 2.45) is 0 Å². The van der Waals surface area contributed by atoms with E-state index in [2.05, 4.69) is 5.10 Å². The molecule has 1 saturated heterocycles. The Labute approximate surface area is 142 Å². The number of amides is 1. The van der Waals surface area contributed by atoms with Gasteiger partial charge in [0, 0.05) is 37.3 Å². The van der Waals surface area contributed by atoms with Gasteiger partial charge >= 0.3 is 0 Å². The Morgan fingerprint density at radius 3 is 2.79 bits per heavy atom. The van der Waals surface area contributed by atoms with E-state index >= 15 is 0 Å². The predicted molar refractivity (Wildman–Crippen MR) is 90.7 cm³/mol. The number of aromatic nitrogens is 2. The van der Waals surface area contributed by atoms with Crippen LogP contribution in [0, 0.1) is 6.92 Å². The molecule has 0 saturated carbocycles. The van der Waals surface area contributed by atoms with Crippen LogP contribution in [-0.2, 0) is 9.84 Å². The van der Waals surface area contributed by atoms with Crippen LogP contribution in [0.25, 0.3) is 0 Å². The van der Waals surface area contributed by atoms with Crippen molar-refractivity contribution >= 4 is 15.7 Å². The smallest absolute Gasteiger partial charge is 0.253 e. The molecule has 2 heterocycles. The Morgan fingerprint density at radius 2 is 2.12 bits per heavy atom. The predicted octanol–water partition coefficient (Wildman–Crippen LogP) is 2.07. The van der Waals surface area contributed by atoms with Gasteiger partial charge in [-0.25, -0.2) is 8.42 Å². The Hall–Kier alpha value is -2.15. The lowest BCUT2D eigenvalue weighted by molar-refractivity contribution is 0.0672. The average molecular weight is 347 g/mol. The molecule has 1 fully saturated rings. The lowest BCUT2D eigenvalue weighted by Gasteiger charge is -2.33. The number of piperidine rings is 1. The molecule has 6 nitrogen and oxygen atoms in total. The first-order valence-electron chi connectivity index (χ1n) is 7.95. The zero-order valence-electron chi connectivity index (χ0n) is 13.8. The molecule has 1 amide bonds. The van der Waals surface area contributed by atoms with Gasteiger partial charge in [-0.3, -0.25) is 9.48 Å². The molecule has 3 rings (SSSR count). The van der Waals surface area contributed by atoms with E-state index in [0.717, 1.165) is 19.1 Å². The molecule has 7 heteroatoms. The standard InChI is InChI=1S/C17H21N3O3S/c1-13-6-7-14(11-16(13)24(2,22)23)17(21)19-9-3-5-15(12-19)20-10-4-8-18-20/h4,6-8,10-11,15H,3,5,9,12H2,1-2H3. The van der Waals surface area contributed by atoms with Crippen LogP contribution >= 0.6 is 0 Å². The third kappa shape index (κ3) is 3.36. The van der Waals surface area contributed by atoms with Gasteiger partial charge in [0.25, 0.3) is 5.91 Å². The normalized spacial score (nSPS) is 18.6. The van der Waals surface area contributed by atoms with Crippen molar-refractivity contribution in [2.45, 2.75) is 30.7 Å². The fraction of sp³-hybridized carbons (Fsp3) is 0.412. The molecule has 1 atom stereocenters. The Balaban J connectivity index is 1.84. The minimum Gasteiger partial charge on any atom is -0.337 e. The molecule has 1 aliphatic heterocycles. The summed E-state index contributed by atoms with van der Waals surface area (Å²) in [5.74, 6) is -0.128. The van der Waals surface area contributed by atoms with Gasteiger partial charge in [-0.1, -0.05) is 6.07 Å². The number of nitrogens with zero attached hydrogens (tertiary/aromatic N) is 3. The van der Waals surface area contributed by atoms with E-state index in [9.17, 15) is 13.2 Å². The van der Waals surface area contributed by atoms with Gasteiger partial charge in [0.15, 0.2) is 9.84 Å². The van der Waals surface area contributed by atoms with Crippen molar-refractivity contribution in [2.75, 3.05) is 19.3 Å².